The molecule has 8 N–H and O–H groups in total. The van der Waals surface area contributed by atoms with Crippen LogP contribution in [0, 0.1) is 11.8 Å². The van der Waals surface area contributed by atoms with Gasteiger partial charge in [-0.25, -0.2) is 0 Å². The number of H-pyrrole nitrogens is 1. The van der Waals surface area contributed by atoms with E-state index in [4.69, 9.17) is 0 Å². The molecular formula is C41H56N8O7. The first kappa shape index (κ1) is 43.0. The second-order valence-corrected chi connectivity index (χ2v) is 15.2. The lowest BCUT2D eigenvalue weighted by Gasteiger charge is -2.31. The van der Waals surface area contributed by atoms with Gasteiger partial charge in [-0.15, -0.1) is 0 Å². The minimum atomic E-state index is -1.18. The summed E-state index contributed by atoms with van der Waals surface area (Å²) in [4.78, 5) is 98.3. The summed E-state index contributed by atoms with van der Waals surface area (Å²) in [6.45, 7) is 11.8. The molecule has 3 aromatic rings. The van der Waals surface area contributed by atoms with Gasteiger partial charge < -0.3 is 42.2 Å². The van der Waals surface area contributed by atoms with E-state index in [0.717, 1.165) is 22.0 Å². The molecule has 7 atom stereocenters. The predicted molar refractivity (Wildman–Crippen MR) is 212 cm³/mol. The molecule has 2 aromatic carbocycles. The predicted octanol–water partition coefficient (Wildman–Crippen LogP) is 1.68. The number of aromatic amines is 1. The van der Waals surface area contributed by atoms with E-state index in [-0.39, 0.29) is 25.8 Å². The highest BCUT2D eigenvalue weighted by molar-refractivity contribution is 5.97. The molecule has 56 heavy (non-hydrogen) atoms. The lowest BCUT2D eigenvalue weighted by molar-refractivity contribution is -0.136. The molecular weight excluding hydrogens is 716 g/mol. The van der Waals surface area contributed by atoms with Crippen molar-refractivity contribution in [2.24, 2.45) is 11.8 Å². The molecule has 1 saturated heterocycles. The van der Waals surface area contributed by atoms with Crippen LogP contribution in [0.25, 0.3) is 10.9 Å². The Morgan fingerprint density at radius 1 is 0.589 bits per heavy atom. The van der Waals surface area contributed by atoms with Crippen LogP contribution >= 0.6 is 0 Å². The Kier molecular flexibility index (Phi) is 15.2. The Morgan fingerprint density at radius 2 is 1.12 bits per heavy atom. The number of rotatable bonds is 6. The van der Waals surface area contributed by atoms with Gasteiger partial charge >= 0.3 is 0 Å². The maximum absolute atomic E-state index is 14.1. The number of nitrogens with one attached hydrogen (secondary N) is 8. The molecule has 302 valence electrons. The highest BCUT2D eigenvalue weighted by atomic mass is 16.2. The number of hydrogen-bond donors (Lipinski definition) is 8. The molecule has 7 amide bonds. The van der Waals surface area contributed by atoms with Crippen molar-refractivity contribution < 1.29 is 33.6 Å². The van der Waals surface area contributed by atoms with Crippen LogP contribution in [0.15, 0.2) is 60.8 Å². The fraction of sp³-hybridized carbons (Fsp3) is 0.488. The van der Waals surface area contributed by atoms with Gasteiger partial charge in [-0.2, -0.15) is 0 Å². The van der Waals surface area contributed by atoms with Crippen LogP contribution in [-0.2, 0) is 40.0 Å². The van der Waals surface area contributed by atoms with Crippen molar-refractivity contribution in [1.29, 1.82) is 0 Å². The number of hydrogen-bond acceptors (Lipinski definition) is 7. The second kappa shape index (κ2) is 19.7. The van der Waals surface area contributed by atoms with Crippen LogP contribution in [0.5, 0.6) is 0 Å². The highest BCUT2D eigenvalue weighted by Crippen LogP contribution is 2.21. The third-order valence-corrected chi connectivity index (χ3v) is 10.0. The first-order valence-electron chi connectivity index (χ1n) is 19.3. The molecule has 1 aromatic heterocycles. The lowest BCUT2D eigenvalue weighted by Crippen LogP contribution is -2.61. The van der Waals surface area contributed by atoms with E-state index in [2.05, 4.69) is 42.2 Å². The zero-order valence-electron chi connectivity index (χ0n) is 33.2. The van der Waals surface area contributed by atoms with Crippen LogP contribution in [0.4, 0.5) is 0 Å². The maximum Gasteiger partial charge on any atom is 0.243 e. The molecule has 1 aliphatic rings. The zero-order chi connectivity index (χ0) is 41.1. The van der Waals surface area contributed by atoms with Gasteiger partial charge in [-0.05, 0) is 49.3 Å². The Balaban J connectivity index is 1.65. The lowest BCUT2D eigenvalue weighted by atomic mass is 9.91. The van der Waals surface area contributed by atoms with Gasteiger partial charge in [0.25, 0.3) is 0 Å². The molecule has 4 rings (SSSR count). The number of aromatic nitrogens is 1. The van der Waals surface area contributed by atoms with E-state index in [1.54, 1.807) is 40.8 Å². The van der Waals surface area contributed by atoms with Gasteiger partial charge in [-0.1, -0.05) is 83.1 Å². The van der Waals surface area contributed by atoms with Gasteiger partial charge in [0.15, 0.2) is 0 Å². The van der Waals surface area contributed by atoms with Crippen LogP contribution in [0.1, 0.15) is 78.4 Å². The van der Waals surface area contributed by atoms with E-state index in [9.17, 15) is 33.6 Å². The molecule has 0 spiro atoms. The molecule has 0 bridgehead atoms. The van der Waals surface area contributed by atoms with Crippen molar-refractivity contribution in [3.8, 4) is 0 Å². The largest absolute Gasteiger partial charge is 0.361 e. The first-order chi connectivity index (χ1) is 26.6. The Labute approximate surface area is 327 Å². The number of benzene rings is 2. The third-order valence-electron chi connectivity index (χ3n) is 10.0. The Bertz CT molecular complexity index is 1880. The van der Waals surface area contributed by atoms with E-state index in [0.29, 0.717) is 0 Å². The van der Waals surface area contributed by atoms with Crippen molar-refractivity contribution in [3.05, 3.63) is 71.9 Å². The monoisotopic (exact) mass is 772 g/mol. The average molecular weight is 773 g/mol. The fourth-order valence-electron chi connectivity index (χ4n) is 6.56. The summed E-state index contributed by atoms with van der Waals surface area (Å²) in [5.41, 5.74) is 2.39. The summed E-state index contributed by atoms with van der Waals surface area (Å²) < 4.78 is 0. The fourth-order valence-corrected chi connectivity index (χ4v) is 6.56. The van der Waals surface area contributed by atoms with Crippen molar-refractivity contribution in [1.82, 2.24) is 42.2 Å². The first-order valence-corrected chi connectivity index (χ1v) is 19.3. The summed E-state index contributed by atoms with van der Waals surface area (Å²) in [6.07, 6.45) is 2.13. The summed E-state index contributed by atoms with van der Waals surface area (Å²) in [7, 11) is 0. The van der Waals surface area contributed by atoms with E-state index in [1.165, 1.54) is 13.8 Å². The van der Waals surface area contributed by atoms with Crippen molar-refractivity contribution in [2.45, 2.75) is 110 Å². The molecule has 0 saturated carbocycles. The SMILES string of the molecule is CC(C)[C@@H]1NC(=O)[C@H]([C@@H](C)c2ccccc2)NC(=O)[C@@H](C(C)C)NC(=O)[C@H](C)NC(=O)CCCNC(=O)[C@H](Cc2c[nH]c3ccccc23)NC(=O)[C@H](C)NC1=O. The molecule has 1 aliphatic heterocycles. The molecule has 2 heterocycles. The Hall–Kier alpha value is -5.73. The topological polar surface area (TPSA) is 219 Å². The summed E-state index contributed by atoms with van der Waals surface area (Å²) in [6, 6.07) is 10.1. The standard InChI is InChI=1S/C41H56N8O7/c1-22(2)33-39(54)45-26(7)36(51)46-31(20-28-21-43-30-17-12-11-16-29(28)30)38(53)42-19-13-18-32(50)44-25(6)37(52)47-34(23(3)4)40(55)49-35(41(56)48-33)24(5)27-14-9-8-10-15-27/h8-12,14-17,21-26,31,33-35,43H,13,18-20H2,1-7H3,(H,42,53)(H,44,50)(H,45,54)(H,46,51)(H,47,52)(H,48,56)(H,49,55)/t24-,25-,26-,31-,33-,34+,35-/m0/s1. The number of fused-ring (bicyclic) bond motifs is 1. The van der Waals surface area contributed by atoms with Crippen LogP contribution in [0.2, 0.25) is 0 Å². The minimum absolute atomic E-state index is 0.0142. The number of para-hydroxylation sites is 1. The normalized spacial score (nSPS) is 25.0. The maximum atomic E-state index is 14.1. The summed E-state index contributed by atoms with van der Waals surface area (Å²) >= 11 is 0. The smallest absolute Gasteiger partial charge is 0.243 e. The van der Waals surface area contributed by atoms with E-state index in [1.807, 2.05) is 54.6 Å². The Morgan fingerprint density at radius 3 is 1.79 bits per heavy atom. The van der Waals surface area contributed by atoms with Crippen molar-refractivity contribution in [2.75, 3.05) is 6.54 Å². The average Bonchev–Trinajstić information content (AvgIpc) is 3.57. The number of carbonyl (C=O) groups excluding carboxylic acids is 7. The summed E-state index contributed by atoms with van der Waals surface area (Å²) in [5, 5.41) is 20.1. The van der Waals surface area contributed by atoms with Crippen LogP contribution < -0.4 is 37.2 Å². The molecule has 15 nitrogen and oxygen atoms in total. The molecule has 1 fully saturated rings. The number of amides is 7. The van der Waals surface area contributed by atoms with Gasteiger partial charge in [-0.3, -0.25) is 33.6 Å². The van der Waals surface area contributed by atoms with Gasteiger partial charge in [0.05, 0.1) is 0 Å². The molecule has 0 aliphatic carbocycles. The van der Waals surface area contributed by atoms with Gasteiger partial charge in [0.1, 0.15) is 36.3 Å². The van der Waals surface area contributed by atoms with Gasteiger partial charge in [0, 0.05) is 42.4 Å². The molecule has 0 radical (unpaired) electrons. The van der Waals surface area contributed by atoms with Crippen LogP contribution in [-0.4, -0.2) is 89.1 Å². The van der Waals surface area contributed by atoms with E-state index < -0.39 is 95.4 Å². The molecule has 15 heteroatoms. The quantitative estimate of drug-likeness (QED) is 0.185. The highest BCUT2D eigenvalue weighted by Gasteiger charge is 2.36. The minimum Gasteiger partial charge on any atom is -0.361 e. The summed E-state index contributed by atoms with van der Waals surface area (Å²) in [5.74, 6) is -5.48. The van der Waals surface area contributed by atoms with Crippen molar-refractivity contribution >= 4 is 52.3 Å². The van der Waals surface area contributed by atoms with Crippen molar-refractivity contribution in [3.63, 3.8) is 0 Å². The second-order valence-electron chi connectivity index (χ2n) is 15.2. The number of carbonyl (C=O) groups is 7. The van der Waals surface area contributed by atoms with E-state index >= 15 is 0 Å². The molecule has 0 unspecified atom stereocenters. The third kappa shape index (κ3) is 11.4. The zero-order valence-corrected chi connectivity index (χ0v) is 33.2. The van der Waals surface area contributed by atoms with Crippen LogP contribution in [0.3, 0.4) is 0 Å². The van der Waals surface area contributed by atoms with Gasteiger partial charge in [0.2, 0.25) is 41.4 Å².